The van der Waals surface area contributed by atoms with E-state index >= 15 is 0 Å². The van der Waals surface area contributed by atoms with Crippen LogP contribution in [0.4, 0.5) is 0 Å². The van der Waals surface area contributed by atoms with Gasteiger partial charge in [-0.2, -0.15) is 0 Å². The van der Waals surface area contributed by atoms with Crippen LogP contribution in [0.15, 0.2) is 41.8 Å². The van der Waals surface area contributed by atoms with Crippen LogP contribution in [-0.4, -0.2) is 15.9 Å². The second-order valence-corrected chi connectivity index (χ2v) is 4.53. The number of thioether (sulfide) groups is 1. The Bertz CT molecular complexity index is 404. The van der Waals surface area contributed by atoms with Gasteiger partial charge in [0.05, 0.1) is 5.92 Å². The van der Waals surface area contributed by atoms with Gasteiger partial charge in [0.1, 0.15) is 0 Å². The highest BCUT2D eigenvalue weighted by molar-refractivity contribution is 8.04. The van der Waals surface area contributed by atoms with Crippen molar-refractivity contribution < 1.29 is 9.90 Å². The number of nitrogens with two attached hydrogens (primary N) is 1. The highest BCUT2D eigenvalue weighted by Crippen LogP contribution is 2.44. The minimum absolute atomic E-state index is 0.360. The van der Waals surface area contributed by atoms with Crippen LogP contribution in [-0.2, 0) is 4.79 Å². The van der Waals surface area contributed by atoms with E-state index in [9.17, 15) is 9.90 Å². The third-order valence-electron chi connectivity index (χ3n) is 2.45. The van der Waals surface area contributed by atoms with Crippen LogP contribution in [0.25, 0.3) is 0 Å². The zero-order valence-electron chi connectivity index (χ0n) is 7.96. The number of benzene rings is 1. The smallest absolute Gasteiger partial charge is 0.261 e. The van der Waals surface area contributed by atoms with Crippen molar-refractivity contribution in [2.45, 2.75) is 10.9 Å². The summed E-state index contributed by atoms with van der Waals surface area (Å²) >= 11 is 1.06. The Balaban J connectivity index is 2.37. The summed E-state index contributed by atoms with van der Waals surface area (Å²) in [5.41, 5.74) is 6.10. The predicted octanol–water partition coefficient (Wildman–Crippen LogP) is 1.20. The molecule has 0 aliphatic carbocycles. The van der Waals surface area contributed by atoms with Crippen molar-refractivity contribution in [3.8, 4) is 0 Å². The monoisotopic (exact) mass is 221 g/mol. The number of hydrogen-bond acceptors (Lipinski definition) is 3. The van der Waals surface area contributed by atoms with Gasteiger partial charge in [0.25, 0.3) is 5.91 Å². The van der Waals surface area contributed by atoms with Gasteiger partial charge in [-0.15, -0.1) is 0 Å². The molecule has 1 aromatic carbocycles. The normalized spacial score (nSPS) is 29.3. The Labute approximate surface area is 92.0 Å². The van der Waals surface area contributed by atoms with Crippen molar-refractivity contribution in [3.63, 3.8) is 0 Å². The average Bonchev–Trinajstić information content (AvgIpc) is 2.63. The second-order valence-electron chi connectivity index (χ2n) is 3.40. The first kappa shape index (κ1) is 10.3. The second kappa shape index (κ2) is 3.72. The largest absolute Gasteiger partial charge is 0.370 e. The number of carbonyl (C=O) groups excluding carboxylic acids is 1. The zero-order chi connectivity index (χ0) is 10.9. The third kappa shape index (κ3) is 1.66. The molecular formula is C11H11NO2S. The molecule has 2 atom stereocenters. The van der Waals surface area contributed by atoms with E-state index in [1.807, 2.05) is 30.3 Å². The predicted molar refractivity (Wildman–Crippen MR) is 60.1 cm³/mol. The Hall–Kier alpha value is -1.26. The van der Waals surface area contributed by atoms with Crippen LogP contribution in [0.5, 0.6) is 0 Å². The lowest BCUT2D eigenvalue weighted by Crippen LogP contribution is -2.43. The Kier molecular flexibility index (Phi) is 2.54. The molecule has 0 bridgehead atoms. The van der Waals surface area contributed by atoms with Crippen LogP contribution < -0.4 is 5.73 Å². The fraction of sp³-hybridized carbons (Fsp3) is 0.182. The lowest BCUT2D eigenvalue weighted by molar-refractivity contribution is -0.128. The van der Waals surface area contributed by atoms with Crippen molar-refractivity contribution in [2.75, 3.05) is 0 Å². The minimum atomic E-state index is -1.54. The van der Waals surface area contributed by atoms with Crippen molar-refractivity contribution >= 4 is 17.7 Å². The van der Waals surface area contributed by atoms with Gasteiger partial charge in [0.15, 0.2) is 0 Å². The topological polar surface area (TPSA) is 63.3 Å². The van der Waals surface area contributed by atoms with Gasteiger partial charge in [0.2, 0.25) is 4.93 Å². The summed E-state index contributed by atoms with van der Waals surface area (Å²) in [5.74, 6) is -1.06. The number of hydrogen-bond donors (Lipinski definition) is 2. The van der Waals surface area contributed by atoms with Gasteiger partial charge in [-0.25, -0.2) is 0 Å². The molecular weight excluding hydrogens is 210 g/mol. The summed E-state index contributed by atoms with van der Waals surface area (Å²) in [6, 6.07) is 9.36. The quantitative estimate of drug-likeness (QED) is 0.789. The molecule has 1 aromatic rings. The maximum absolute atomic E-state index is 11.2. The molecule has 4 heteroatoms. The van der Waals surface area contributed by atoms with Gasteiger partial charge in [-0.05, 0) is 11.0 Å². The highest BCUT2D eigenvalue weighted by atomic mass is 32.2. The number of primary amides is 1. The Morgan fingerprint density at radius 2 is 2.07 bits per heavy atom. The first-order valence-electron chi connectivity index (χ1n) is 4.56. The van der Waals surface area contributed by atoms with Crippen LogP contribution in [0, 0.1) is 0 Å². The van der Waals surface area contributed by atoms with Crippen LogP contribution in [0.2, 0.25) is 0 Å². The maximum Gasteiger partial charge on any atom is 0.261 e. The van der Waals surface area contributed by atoms with Gasteiger partial charge in [-0.3, -0.25) is 4.79 Å². The number of carbonyl (C=O) groups is 1. The van der Waals surface area contributed by atoms with E-state index in [-0.39, 0.29) is 5.92 Å². The number of amides is 1. The average molecular weight is 221 g/mol. The van der Waals surface area contributed by atoms with Gasteiger partial charge >= 0.3 is 0 Å². The summed E-state index contributed by atoms with van der Waals surface area (Å²) in [6.45, 7) is 0. The summed E-state index contributed by atoms with van der Waals surface area (Å²) in [6.07, 6.45) is 1.80. The van der Waals surface area contributed by atoms with E-state index in [2.05, 4.69) is 0 Å². The standard InChI is InChI=1S/C11H11NO2S/c12-10(13)11(14)9(6-7-15-11)8-4-2-1-3-5-8/h1-7,9,14H,(H2,12,13). The first-order valence-corrected chi connectivity index (χ1v) is 5.44. The molecule has 3 N–H and O–H groups in total. The molecule has 2 unspecified atom stereocenters. The molecule has 1 aliphatic heterocycles. The molecule has 0 aromatic heterocycles. The van der Waals surface area contributed by atoms with Crippen LogP contribution in [0.3, 0.4) is 0 Å². The lowest BCUT2D eigenvalue weighted by Gasteiger charge is -2.25. The van der Waals surface area contributed by atoms with Crippen molar-refractivity contribution in [3.05, 3.63) is 47.4 Å². The van der Waals surface area contributed by atoms with Crippen molar-refractivity contribution in [1.29, 1.82) is 0 Å². The third-order valence-corrected chi connectivity index (χ3v) is 3.56. The van der Waals surface area contributed by atoms with Crippen LogP contribution >= 0.6 is 11.8 Å². The molecule has 1 amide bonds. The SMILES string of the molecule is NC(=O)C1(O)SC=CC1c1ccccc1. The first-order chi connectivity index (χ1) is 7.14. The van der Waals surface area contributed by atoms with Crippen LogP contribution in [0.1, 0.15) is 11.5 Å². The Morgan fingerprint density at radius 3 is 2.67 bits per heavy atom. The molecule has 3 nitrogen and oxygen atoms in total. The molecule has 1 aliphatic rings. The van der Waals surface area contributed by atoms with Gasteiger partial charge in [-0.1, -0.05) is 48.2 Å². The zero-order valence-corrected chi connectivity index (χ0v) is 8.78. The summed E-state index contributed by atoms with van der Waals surface area (Å²) < 4.78 is 0. The van der Waals surface area contributed by atoms with E-state index in [4.69, 9.17) is 5.73 Å². The molecule has 0 saturated carbocycles. The van der Waals surface area contributed by atoms with Gasteiger partial charge in [0, 0.05) is 0 Å². The molecule has 15 heavy (non-hydrogen) atoms. The minimum Gasteiger partial charge on any atom is -0.370 e. The fourth-order valence-corrected chi connectivity index (χ4v) is 2.55. The van der Waals surface area contributed by atoms with E-state index in [1.165, 1.54) is 0 Å². The molecule has 0 radical (unpaired) electrons. The lowest BCUT2D eigenvalue weighted by atomic mass is 9.93. The highest BCUT2D eigenvalue weighted by Gasteiger charge is 2.45. The molecule has 0 spiro atoms. The molecule has 78 valence electrons. The van der Waals surface area contributed by atoms with Crippen molar-refractivity contribution in [1.82, 2.24) is 0 Å². The van der Waals surface area contributed by atoms with Crippen molar-refractivity contribution in [2.24, 2.45) is 5.73 Å². The summed E-state index contributed by atoms with van der Waals surface area (Å²) in [4.78, 5) is 9.68. The van der Waals surface area contributed by atoms with E-state index < -0.39 is 10.8 Å². The van der Waals surface area contributed by atoms with E-state index in [1.54, 1.807) is 11.5 Å². The molecule has 1 heterocycles. The molecule has 2 rings (SSSR count). The fourth-order valence-electron chi connectivity index (χ4n) is 1.63. The number of aliphatic hydroxyl groups is 1. The van der Waals surface area contributed by atoms with Gasteiger partial charge < -0.3 is 10.8 Å². The Morgan fingerprint density at radius 1 is 1.40 bits per heavy atom. The number of rotatable bonds is 2. The summed E-state index contributed by atoms with van der Waals surface area (Å²) in [5, 5.41) is 11.8. The van der Waals surface area contributed by atoms with E-state index in [0.717, 1.165) is 17.3 Å². The summed E-state index contributed by atoms with van der Waals surface area (Å²) in [7, 11) is 0. The molecule has 0 fully saturated rings. The molecule has 0 saturated heterocycles. The van der Waals surface area contributed by atoms with E-state index in [0.29, 0.717) is 0 Å². The maximum atomic E-state index is 11.2.